The third kappa shape index (κ3) is 5.27. The van der Waals surface area contributed by atoms with Crippen molar-refractivity contribution in [2.24, 2.45) is 5.10 Å². The van der Waals surface area contributed by atoms with Gasteiger partial charge in [0.05, 0.1) is 18.6 Å². The maximum Gasteiger partial charge on any atom is 0.573 e. The summed E-state index contributed by atoms with van der Waals surface area (Å²) in [6.07, 6.45) is -0.512. The first-order valence-corrected chi connectivity index (χ1v) is 5.92. The number of anilines is 1. The summed E-state index contributed by atoms with van der Waals surface area (Å²) in [6.45, 7) is 0. The minimum absolute atomic E-state index is 0.212. The highest BCUT2D eigenvalue weighted by atomic mass is 35.5. The van der Waals surface area contributed by atoms with Crippen molar-refractivity contribution in [3.63, 3.8) is 0 Å². The number of alkyl halides is 3. The van der Waals surface area contributed by atoms with Crippen LogP contribution < -0.4 is 10.2 Å². The average Bonchev–Trinajstić information content (AvgIpc) is 2.39. The lowest BCUT2D eigenvalue weighted by atomic mass is 10.2. The molecule has 0 aliphatic carbocycles. The topological polar surface area (TPSA) is 59.4 Å². The lowest BCUT2D eigenvalue weighted by Crippen LogP contribution is -2.17. The summed E-state index contributed by atoms with van der Waals surface area (Å²) in [6, 6.07) is 5.23. The zero-order valence-corrected chi connectivity index (χ0v) is 11.1. The van der Waals surface area contributed by atoms with Gasteiger partial charge in [-0.15, -0.1) is 13.2 Å². The zero-order valence-electron chi connectivity index (χ0n) is 10.3. The summed E-state index contributed by atoms with van der Waals surface area (Å²) >= 11 is 5.64. The molecule has 1 N–H and O–H groups in total. The van der Waals surface area contributed by atoms with Gasteiger partial charge < -0.3 is 4.74 Å². The monoisotopic (exact) mass is 316 g/mol. The Bertz CT molecular complexity index is 631. The van der Waals surface area contributed by atoms with E-state index >= 15 is 0 Å². The molecule has 0 amide bonds. The summed E-state index contributed by atoms with van der Waals surface area (Å²) < 4.78 is 39.7. The van der Waals surface area contributed by atoms with Crippen LogP contribution in [0.1, 0.15) is 5.56 Å². The molecule has 5 nitrogen and oxygen atoms in total. The van der Waals surface area contributed by atoms with E-state index in [9.17, 15) is 13.2 Å². The lowest BCUT2D eigenvalue weighted by molar-refractivity contribution is -0.274. The molecular weight excluding hydrogens is 309 g/mol. The van der Waals surface area contributed by atoms with Crippen LogP contribution in [0.4, 0.5) is 19.0 Å². The van der Waals surface area contributed by atoms with Crippen molar-refractivity contribution in [3.8, 4) is 5.75 Å². The largest absolute Gasteiger partial charge is 0.573 e. The number of benzene rings is 1. The van der Waals surface area contributed by atoms with Gasteiger partial charge in [-0.1, -0.05) is 11.6 Å². The van der Waals surface area contributed by atoms with Gasteiger partial charge in [0.25, 0.3) is 0 Å². The maximum absolute atomic E-state index is 12.0. The Kier molecular flexibility index (Phi) is 4.59. The molecule has 2 rings (SSSR count). The van der Waals surface area contributed by atoms with Crippen LogP contribution in [-0.2, 0) is 0 Å². The van der Waals surface area contributed by atoms with Gasteiger partial charge in [-0.05, 0) is 29.8 Å². The third-order valence-corrected chi connectivity index (χ3v) is 2.29. The van der Waals surface area contributed by atoms with E-state index in [0.717, 1.165) is 0 Å². The molecule has 0 unspecified atom stereocenters. The lowest BCUT2D eigenvalue weighted by Gasteiger charge is -2.08. The number of hydrogen-bond acceptors (Lipinski definition) is 5. The number of aromatic nitrogens is 2. The van der Waals surface area contributed by atoms with Crippen LogP contribution in [-0.4, -0.2) is 22.5 Å². The quantitative estimate of drug-likeness (QED) is 0.693. The van der Waals surface area contributed by atoms with Crippen LogP contribution in [0.25, 0.3) is 0 Å². The van der Waals surface area contributed by atoms with Crippen LogP contribution in [0.15, 0.2) is 41.8 Å². The van der Waals surface area contributed by atoms with Gasteiger partial charge in [-0.25, -0.2) is 4.98 Å². The summed E-state index contributed by atoms with van der Waals surface area (Å²) in [5.74, 6) is 0.0455. The van der Waals surface area contributed by atoms with E-state index in [0.29, 0.717) is 11.4 Å². The number of hydrazone groups is 1. The van der Waals surface area contributed by atoms with E-state index in [-0.39, 0.29) is 10.9 Å². The fourth-order valence-corrected chi connectivity index (χ4v) is 1.47. The van der Waals surface area contributed by atoms with Crippen LogP contribution in [0.2, 0.25) is 5.15 Å². The first-order valence-electron chi connectivity index (χ1n) is 5.55. The van der Waals surface area contributed by atoms with Gasteiger partial charge in [0.2, 0.25) is 0 Å². The molecule has 9 heteroatoms. The molecule has 1 heterocycles. The van der Waals surface area contributed by atoms with Crippen molar-refractivity contribution < 1.29 is 17.9 Å². The van der Waals surface area contributed by atoms with Crippen molar-refractivity contribution in [3.05, 3.63) is 47.4 Å². The van der Waals surface area contributed by atoms with Crippen LogP contribution in [0.5, 0.6) is 5.75 Å². The van der Waals surface area contributed by atoms with E-state index < -0.39 is 6.36 Å². The Morgan fingerprint density at radius 2 is 1.90 bits per heavy atom. The Balaban J connectivity index is 1.95. The molecule has 0 aliphatic heterocycles. The Morgan fingerprint density at radius 1 is 1.19 bits per heavy atom. The van der Waals surface area contributed by atoms with Crippen molar-refractivity contribution in [1.82, 2.24) is 9.97 Å². The first-order chi connectivity index (χ1) is 9.92. The van der Waals surface area contributed by atoms with Gasteiger partial charge in [-0.3, -0.25) is 10.4 Å². The smallest absolute Gasteiger partial charge is 0.406 e. The van der Waals surface area contributed by atoms with E-state index in [2.05, 4.69) is 25.2 Å². The molecule has 1 aromatic heterocycles. The van der Waals surface area contributed by atoms with Gasteiger partial charge >= 0.3 is 6.36 Å². The first kappa shape index (κ1) is 15.0. The molecule has 0 bridgehead atoms. The number of rotatable bonds is 4. The summed E-state index contributed by atoms with van der Waals surface area (Å²) in [7, 11) is 0. The van der Waals surface area contributed by atoms with E-state index in [1.54, 1.807) is 0 Å². The molecule has 0 radical (unpaired) electrons. The average molecular weight is 317 g/mol. The fraction of sp³-hybridized carbons (Fsp3) is 0.0833. The number of ether oxygens (including phenoxy) is 1. The molecule has 2 aromatic rings. The number of hydrogen-bond donors (Lipinski definition) is 1. The van der Waals surface area contributed by atoms with Gasteiger partial charge in [0, 0.05) is 0 Å². The normalized spacial score (nSPS) is 11.6. The van der Waals surface area contributed by atoms with Gasteiger partial charge in [-0.2, -0.15) is 5.10 Å². The van der Waals surface area contributed by atoms with E-state index in [1.807, 2.05) is 0 Å². The molecule has 1 aromatic carbocycles. The second-order valence-electron chi connectivity index (χ2n) is 3.71. The maximum atomic E-state index is 12.0. The summed E-state index contributed by atoms with van der Waals surface area (Å²) in [5, 5.41) is 4.07. The molecule has 0 saturated heterocycles. The van der Waals surface area contributed by atoms with Crippen LogP contribution in [0, 0.1) is 0 Å². The summed E-state index contributed by atoms with van der Waals surface area (Å²) in [4.78, 5) is 7.69. The SMILES string of the molecule is FC(F)(F)Oc1ccc(/C=N/Nc2cncc(Cl)n2)cc1. The van der Waals surface area contributed by atoms with Crippen molar-refractivity contribution in [1.29, 1.82) is 0 Å². The zero-order chi connectivity index (χ0) is 15.3. The molecule has 0 fully saturated rings. The molecule has 0 saturated carbocycles. The second kappa shape index (κ2) is 6.40. The van der Waals surface area contributed by atoms with Gasteiger partial charge in [0.1, 0.15) is 10.9 Å². The second-order valence-corrected chi connectivity index (χ2v) is 4.10. The van der Waals surface area contributed by atoms with Crippen LogP contribution in [0.3, 0.4) is 0 Å². The van der Waals surface area contributed by atoms with E-state index in [1.165, 1.54) is 42.9 Å². The summed E-state index contributed by atoms with van der Waals surface area (Å²) in [5.41, 5.74) is 3.16. The molecule has 110 valence electrons. The third-order valence-electron chi connectivity index (χ3n) is 2.11. The molecule has 0 atom stereocenters. The highest BCUT2D eigenvalue weighted by Crippen LogP contribution is 2.22. The number of nitrogens with zero attached hydrogens (tertiary/aromatic N) is 3. The molecular formula is C12H8ClF3N4O. The minimum Gasteiger partial charge on any atom is -0.406 e. The Labute approximate surface area is 122 Å². The molecule has 21 heavy (non-hydrogen) atoms. The number of halogens is 4. The molecule has 0 spiro atoms. The van der Waals surface area contributed by atoms with Crippen molar-refractivity contribution >= 4 is 23.6 Å². The highest BCUT2D eigenvalue weighted by Gasteiger charge is 2.30. The van der Waals surface area contributed by atoms with E-state index in [4.69, 9.17) is 11.6 Å². The fourth-order valence-electron chi connectivity index (χ4n) is 1.32. The predicted molar refractivity (Wildman–Crippen MR) is 71.4 cm³/mol. The standard InChI is InChI=1S/C12H8ClF3N4O/c13-10-6-17-7-11(19-10)20-18-5-8-1-3-9(4-2-8)21-12(14,15)16/h1-7H,(H,19,20)/b18-5+. The van der Waals surface area contributed by atoms with Crippen molar-refractivity contribution in [2.75, 3.05) is 5.43 Å². The Hall–Kier alpha value is -2.35. The predicted octanol–water partition coefficient (Wildman–Crippen LogP) is 3.47. The van der Waals surface area contributed by atoms with Crippen molar-refractivity contribution in [2.45, 2.75) is 6.36 Å². The number of nitrogens with one attached hydrogen (secondary N) is 1. The van der Waals surface area contributed by atoms with Gasteiger partial charge in [0.15, 0.2) is 5.82 Å². The Morgan fingerprint density at radius 3 is 2.52 bits per heavy atom. The van der Waals surface area contributed by atoms with Crippen LogP contribution >= 0.6 is 11.6 Å². The molecule has 0 aliphatic rings. The highest BCUT2D eigenvalue weighted by molar-refractivity contribution is 6.29. The minimum atomic E-state index is -4.71.